The Morgan fingerprint density at radius 2 is 1.17 bits per heavy atom. The number of aliphatic hydroxyl groups is 1. The smallest absolute Gasteiger partial charge is 0.0758 e. The molecule has 3 aromatic carbocycles. The fraction of sp³-hybridized carbons (Fsp3) is 0.259. The van der Waals surface area contributed by atoms with E-state index in [1.807, 2.05) is 31.2 Å². The SMILES string of the molecule is C=C[C@@H](C)[C@@H](O)[C@@H](Cc1ccccc1)N(Cc1ccccc1)Cc1ccccc1. The first-order valence-electron chi connectivity index (χ1n) is 10.3. The summed E-state index contributed by atoms with van der Waals surface area (Å²) in [7, 11) is 0. The van der Waals surface area contributed by atoms with Gasteiger partial charge in [-0.3, -0.25) is 4.90 Å². The van der Waals surface area contributed by atoms with Crippen molar-refractivity contribution in [1.29, 1.82) is 0 Å². The van der Waals surface area contributed by atoms with E-state index in [9.17, 15) is 5.11 Å². The van der Waals surface area contributed by atoms with Gasteiger partial charge in [-0.1, -0.05) is 104 Å². The fourth-order valence-electron chi connectivity index (χ4n) is 3.74. The third kappa shape index (κ3) is 6.15. The molecule has 0 saturated carbocycles. The Morgan fingerprint density at radius 1 is 0.759 bits per heavy atom. The topological polar surface area (TPSA) is 23.5 Å². The largest absolute Gasteiger partial charge is 0.391 e. The molecule has 3 aromatic rings. The normalized spacial score (nSPS) is 14.3. The molecule has 0 unspecified atom stereocenters. The van der Waals surface area contributed by atoms with Crippen molar-refractivity contribution in [3.8, 4) is 0 Å². The van der Waals surface area contributed by atoms with Gasteiger partial charge in [0.05, 0.1) is 6.10 Å². The molecule has 1 N–H and O–H groups in total. The number of hydrogen-bond donors (Lipinski definition) is 1. The maximum absolute atomic E-state index is 11.3. The van der Waals surface area contributed by atoms with Gasteiger partial charge in [0.1, 0.15) is 0 Å². The predicted molar refractivity (Wildman–Crippen MR) is 121 cm³/mol. The van der Waals surface area contributed by atoms with Crippen molar-refractivity contribution < 1.29 is 5.11 Å². The van der Waals surface area contributed by atoms with Gasteiger partial charge in [0, 0.05) is 25.0 Å². The third-order valence-corrected chi connectivity index (χ3v) is 5.52. The quantitative estimate of drug-likeness (QED) is 0.467. The van der Waals surface area contributed by atoms with Crippen LogP contribution in [0.1, 0.15) is 23.6 Å². The molecule has 0 bridgehead atoms. The highest BCUT2D eigenvalue weighted by Gasteiger charge is 2.29. The van der Waals surface area contributed by atoms with Crippen molar-refractivity contribution >= 4 is 0 Å². The highest BCUT2D eigenvalue weighted by Crippen LogP contribution is 2.23. The van der Waals surface area contributed by atoms with Crippen LogP contribution in [-0.2, 0) is 19.5 Å². The lowest BCUT2D eigenvalue weighted by Crippen LogP contribution is -2.46. The number of aliphatic hydroxyl groups excluding tert-OH is 1. The lowest BCUT2D eigenvalue weighted by atomic mass is 9.91. The lowest BCUT2D eigenvalue weighted by Gasteiger charge is -2.37. The molecule has 3 atom stereocenters. The van der Waals surface area contributed by atoms with E-state index >= 15 is 0 Å². The van der Waals surface area contributed by atoms with Gasteiger partial charge in [-0.2, -0.15) is 0 Å². The van der Waals surface area contributed by atoms with Crippen molar-refractivity contribution in [3.05, 3.63) is 120 Å². The first-order chi connectivity index (χ1) is 14.2. The maximum Gasteiger partial charge on any atom is 0.0758 e. The van der Waals surface area contributed by atoms with Crippen molar-refractivity contribution in [1.82, 2.24) is 4.90 Å². The Hall–Kier alpha value is -2.68. The standard InChI is InChI=1S/C27H31NO/c1-3-22(2)27(29)26(19-23-13-7-4-8-14-23)28(20-24-15-9-5-10-16-24)21-25-17-11-6-12-18-25/h3-18,22,26-27,29H,1,19-21H2,2H3/t22-,26-,27-/m1/s1. The van der Waals surface area contributed by atoms with Crippen LogP contribution in [0.3, 0.4) is 0 Å². The monoisotopic (exact) mass is 385 g/mol. The summed E-state index contributed by atoms with van der Waals surface area (Å²) in [6, 6.07) is 31.4. The van der Waals surface area contributed by atoms with Crippen molar-refractivity contribution in [2.75, 3.05) is 0 Å². The molecule has 0 heterocycles. The third-order valence-electron chi connectivity index (χ3n) is 5.52. The van der Waals surface area contributed by atoms with Crippen molar-refractivity contribution in [2.45, 2.75) is 38.6 Å². The molecule has 0 radical (unpaired) electrons. The van der Waals surface area contributed by atoms with Gasteiger partial charge in [0.15, 0.2) is 0 Å². The van der Waals surface area contributed by atoms with Gasteiger partial charge in [-0.25, -0.2) is 0 Å². The fourth-order valence-corrected chi connectivity index (χ4v) is 3.74. The van der Waals surface area contributed by atoms with Crippen molar-refractivity contribution in [3.63, 3.8) is 0 Å². The van der Waals surface area contributed by atoms with Crippen LogP contribution < -0.4 is 0 Å². The van der Waals surface area contributed by atoms with E-state index in [1.54, 1.807) is 0 Å². The van der Waals surface area contributed by atoms with Crippen molar-refractivity contribution in [2.24, 2.45) is 5.92 Å². The molecule has 150 valence electrons. The Bertz CT molecular complexity index is 806. The molecule has 0 aromatic heterocycles. The van der Waals surface area contributed by atoms with E-state index in [2.05, 4.69) is 84.3 Å². The Balaban J connectivity index is 1.93. The summed E-state index contributed by atoms with van der Waals surface area (Å²) < 4.78 is 0. The summed E-state index contributed by atoms with van der Waals surface area (Å²) in [6.45, 7) is 7.53. The molecular weight excluding hydrogens is 354 g/mol. The Morgan fingerprint density at radius 3 is 1.59 bits per heavy atom. The van der Waals surface area contributed by atoms with Crippen LogP contribution in [0.15, 0.2) is 104 Å². The van der Waals surface area contributed by atoms with Crippen LogP contribution in [0.4, 0.5) is 0 Å². The van der Waals surface area contributed by atoms with Crippen LogP contribution in [0.2, 0.25) is 0 Å². The molecule has 0 fully saturated rings. The molecule has 0 amide bonds. The Kier molecular flexibility index (Phi) is 7.80. The molecule has 0 saturated heterocycles. The second kappa shape index (κ2) is 10.8. The summed E-state index contributed by atoms with van der Waals surface area (Å²) in [5.41, 5.74) is 3.74. The maximum atomic E-state index is 11.3. The number of hydrogen-bond acceptors (Lipinski definition) is 2. The molecule has 0 spiro atoms. The lowest BCUT2D eigenvalue weighted by molar-refractivity contribution is 0.0183. The summed E-state index contributed by atoms with van der Waals surface area (Å²) >= 11 is 0. The van der Waals surface area contributed by atoms with Crippen LogP contribution in [0.25, 0.3) is 0 Å². The van der Waals surface area contributed by atoms with E-state index in [-0.39, 0.29) is 12.0 Å². The van der Waals surface area contributed by atoms with Gasteiger partial charge in [-0.15, -0.1) is 6.58 Å². The summed E-state index contributed by atoms with van der Waals surface area (Å²) in [6.07, 6.45) is 2.14. The van der Waals surface area contributed by atoms with E-state index in [0.717, 1.165) is 19.5 Å². The molecule has 3 rings (SSSR count). The molecule has 0 aliphatic carbocycles. The first kappa shape index (κ1) is 21.0. The first-order valence-corrected chi connectivity index (χ1v) is 10.3. The van der Waals surface area contributed by atoms with Crippen LogP contribution in [0.5, 0.6) is 0 Å². The highest BCUT2D eigenvalue weighted by molar-refractivity contribution is 5.20. The zero-order valence-electron chi connectivity index (χ0n) is 17.2. The zero-order valence-corrected chi connectivity index (χ0v) is 17.2. The Labute approximate surface area is 175 Å². The molecule has 0 aliphatic rings. The average molecular weight is 386 g/mol. The summed E-state index contributed by atoms with van der Waals surface area (Å²) in [5, 5.41) is 11.3. The number of rotatable bonds is 10. The van der Waals surface area contributed by atoms with Gasteiger partial charge in [0.25, 0.3) is 0 Å². The predicted octanol–water partition coefficient (Wildman–Crippen LogP) is 5.48. The molecule has 29 heavy (non-hydrogen) atoms. The van der Waals surface area contributed by atoms with E-state index in [1.165, 1.54) is 16.7 Å². The van der Waals surface area contributed by atoms with Crippen LogP contribution in [-0.4, -0.2) is 22.2 Å². The van der Waals surface area contributed by atoms with Crippen LogP contribution >= 0.6 is 0 Å². The van der Waals surface area contributed by atoms with Gasteiger partial charge >= 0.3 is 0 Å². The summed E-state index contributed by atoms with van der Waals surface area (Å²) in [5.74, 6) is 0.0118. The molecular formula is C27H31NO. The minimum Gasteiger partial charge on any atom is -0.391 e. The van der Waals surface area contributed by atoms with Gasteiger partial charge in [0.2, 0.25) is 0 Å². The zero-order chi connectivity index (χ0) is 20.5. The van der Waals surface area contributed by atoms with E-state index in [0.29, 0.717) is 0 Å². The summed E-state index contributed by atoms with van der Waals surface area (Å²) in [4.78, 5) is 2.41. The van der Waals surface area contributed by atoms with E-state index < -0.39 is 6.10 Å². The highest BCUT2D eigenvalue weighted by atomic mass is 16.3. The minimum atomic E-state index is -0.500. The second-order valence-corrected chi connectivity index (χ2v) is 7.72. The molecule has 2 heteroatoms. The van der Waals surface area contributed by atoms with Gasteiger partial charge in [-0.05, 0) is 23.1 Å². The second-order valence-electron chi connectivity index (χ2n) is 7.72. The molecule has 2 nitrogen and oxygen atoms in total. The van der Waals surface area contributed by atoms with Gasteiger partial charge < -0.3 is 5.11 Å². The number of nitrogens with zero attached hydrogens (tertiary/aromatic N) is 1. The molecule has 0 aliphatic heterocycles. The average Bonchev–Trinajstić information content (AvgIpc) is 2.78. The number of benzene rings is 3. The van der Waals surface area contributed by atoms with E-state index in [4.69, 9.17) is 0 Å². The minimum absolute atomic E-state index is 0.0118. The van der Waals surface area contributed by atoms with Crippen LogP contribution in [0, 0.1) is 5.92 Å².